The Kier molecular flexibility index (Phi) is 2.80. The lowest BCUT2D eigenvalue weighted by molar-refractivity contribution is -0.136. The molecule has 0 spiro atoms. The summed E-state index contributed by atoms with van der Waals surface area (Å²) in [6.45, 7) is 2.27. The summed E-state index contributed by atoms with van der Waals surface area (Å²) in [5.41, 5.74) is 0. The molecule has 0 aromatic rings. The van der Waals surface area contributed by atoms with Gasteiger partial charge in [-0.3, -0.25) is 4.79 Å². The van der Waals surface area contributed by atoms with Gasteiger partial charge >= 0.3 is 0 Å². The monoisotopic (exact) mass is 195 g/mol. The highest BCUT2D eigenvalue weighted by Gasteiger charge is 2.34. The minimum Gasteiger partial charge on any atom is -0.343 e. The van der Waals surface area contributed by atoms with Crippen molar-refractivity contribution in [1.82, 2.24) is 4.90 Å². The van der Waals surface area contributed by atoms with E-state index in [0.29, 0.717) is 17.9 Å². The van der Waals surface area contributed by atoms with Gasteiger partial charge in [0.05, 0.1) is 0 Å². The van der Waals surface area contributed by atoms with E-state index in [1.54, 1.807) is 0 Å². The van der Waals surface area contributed by atoms with Gasteiger partial charge in [0.25, 0.3) is 0 Å². The molecule has 0 aliphatic heterocycles. The van der Waals surface area contributed by atoms with Crippen molar-refractivity contribution in [3.63, 3.8) is 0 Å². The topological polar surface area (TPSA) is 20.3 Å². The van der Waals surface area contributed by atoms with Crippen LogP contribution in [0.15, 0.2) is 0 Å². The summed E-state index contributed by atoms with van der Waals surface area (Å²) < 4.78 is 0. The van der Waals surface area contributed by atoms with Crippen molar-refractivity contribution in [2.24, 2.45) is 11.8 Å². The zero-order chi connectivity index (χ0) is 10.1. The molecule has 2 saturated carbocycles. The van der Waals surface area contributed by atoms with E-state index in [0.717, 1.165) is 18.8 Å². The minimum atomic E-state index is 0.337. The van der Waals surface area contributed by atoms with Crippen LogP contribution in [-0.2, 0) is 4.79 Å². The second-order valence-electron chi connectivity index (χ2n) is 5.15. The van der Waals surface area contributed by atoms with Gasteiger partial charge in [0.2, 0.25) is 5.91 Å². The lowest BCUT2D eigenvalue weighted by atomic mass is 9.82. The van der Waals surface area contributed by atoms with Crippen LogP contribution in [0.5, 0.6) is 0 Å². The van der Waals surface area contributed by atoms with Gasteiger partial charge in [0, 0.05) is 19.0 Å². The van der Waals surface area contributed by atoms with Crippen LogP contribution in [0.3, 0.4) is 0 Å². The van der Waals surface area contributed by atoms with Crippen molar-refractivity contribution in [3.05, 3.63) is 0 Å². The summed E-state index contributed by atoms with van der Waals surface area (Å²) in [5.74, 6) is 1.51. The van der Waals surface area contributed by atoms with Crippen LogP contribution in [-0.4, -0.2) is 23.9 Å². The van der Waals surface area contributed by atoms with Crippen LogP contribution < -0.4 is 0 Å². The maximum Gasteiger partial charge on any atom is 0.225 e. The Balaban J connectivity index is 1.89. The van der Waals surface area contributed by atoms with Crippen molar-refractivity contribution >= 4 is 5.91 Å². The van der Waals surface area contributed by atoms with Crippen LogP contribution in [0.4, 0.5) is 0 Å². The molecule has 2 heteroatoms. The zero-order valence-corrected chi connectivity index (χ0v) is 9.33. The summed E-state index contributed by atoms with van der Waals surface area (Å²) in [7, 11) is 1.99. The predicted octanol–water partition coefficient (Wildman–Crippen LogP) is 2.43. The lowest BCUT2D eigenvalue weighted by Crippen LogP contribution is -2.36. The Labute approximate surface area is 86.7 Å². The van der Waals surface area contributed by atoms with E-state index in [9.17, 15) is 4.79 Å². The number of hydrogen-bond acceptors (Lipinski definition) is 1. The van der Waals surface area contributed by atoms with Gasteiger partial charge in [-0.05, 0) is 31.6 Å². The maximum absolute atomic E-state index is 12.1. The molecule has 2 nitrogen and oxygen atoms in total. The molecule has 2 atom stereocenters. The molecule has 0 bridgehead atoms. The van der Waals surface area contributed by atoms with Crippen LogP contribution >= 0.6 is 0 Å². The largest absolute Gasteiger partial charge is 0.343 e. The molecule has 0 heterocycles. The fourth-order valence-corrected chi connectivity index (χ4v) is 2.59. The number of carbonyl (C=O) groups is 1. The summed E-state index contributed by atoms with van der Waals surface area (Å²) in [6.07, 6.45) is 7.26. The minimum absolute atomic E-state index is 0.337. The van der Waals surface area contributed by atoms with Crippen molar-refractivity contribution in [1.29, 1.82) is 0 Å². The number of amides is 1. The molecule has 0 aromatic heterocycles. The molecule has 1 amide bonds. The average Bonchev–Trinajstić information content (AvgIpc) is 2.99. The highest BCUT2D eigenvalue weighted by atomic mass is 16.2. The van der Waals surface area contributed by atoms with Crippen molar-refractivity contribution in [2.45, 2.75) is 51.5 Å². The molecular weight excluding hydrogens is 174 g/mol. The fraction of sp³-hybridized carbons (Fsp3) is 0.917. The smallest absolute Gasteiger partial charge is 0.225 e. The van der Waals surface area contributed by atoms with E-state index in [-0.39, 0.29) is 0 Å². The van der Waals surface area contributed by atoms with E-state index < -0.39 is 0 Å². The first-order valence-electron chi connectivity index (χ1n) is 5.95. The first-order valence-corrected chi connectivity index (χ1v) is 5.95. The predicted molar refractivity (Wildman–Crippen MR) is 56.9 cm³/mol. The Morgan fingerprint density at radius 3 is 2.50 bits per heavy atom. The second-order valence-corrected chi connectivity index (χ2v) is 5.15. The van der Waals surface area contributed by atoms with Gasteiger partial charge in [-0.1, -0.05) is 19.8 Å². The standard InChI is InChI=1S/C12H21NO/c1-9-4-3-5-10(8-9)12(14)13(2)11-6-7-11/h9-11H,3-8H2,1-2H3/t9-,10?/m0/s1. The Bertz CT molecular complexity index is 222. The molecule has 2 aliphatic rings. The van der Waals surface area contributed by atoms with Gasteiger partial charge < -0.3 is 4.90 Å². The average molecular weight is 195 g/mol. The summed E-state index contributed by atoms with van der Waals surface area (Å²) in [5, 5.41) is 0. The molecule has 80 valence electrons. The number of rotatable bonds is 2. The molecule has 14 heavy (non-hydrogen) atoms. The second kappa shape index (κ2) is 3.92. The molecule has 2 rings (SSSR count). The van der Waals surface area contributed by atoms with Crippen molar-refractivity contribution in [3.8, 4) is 0 Å². The first kappa shape index (κ1) is 10.0. The quantitative estimate of drug-likeness (QED) is 0.662. The SMILES string of the molecule is C[C@H]1CCCC(C(=O)N(C)C2CC2)C1. The third-order valence-electron chi connectivity index (χ3n) is 3.73. The molecule has 0 aromatic carbocycles. The van der Waals surface area contributed by atoms with E-state index >= 15 is 0 Å². The van der Waals surface area contributed by atoms with E-state index in [1.807, 2.05) is 11.9 Å². The number of carbonyl (C=O) groups excluding carboxylic acids is 1. The normalized spacial score (nSPS) is 32.7. The zero-order valence-electron chi connectivity index (χ0n) is 9.33. The maximum atomic E-state index is 12.1. The Hall–Kier alpha value is -0.530. The third kappa shape index (κ3) is 2.10. The van der Waals surface area contributed by atoms with E-state index in [2.05, 4.69) is 6.92 Å². The van der Waals surface area contributed by atoms with Gasteiger partial charge in [0.1, 0.15) is 0 Å². The van der Waals surface area contributed by atoms with Crippen LogP contribution in [0, 0.1) is 11.8 Å². The summed E-state index contributed by atoms with van der Waals surface area (Å²) in [4.78, 5) is 14.1. The van der Waals surface area contributed by atoms with Gasteiger partial charge in [-0.2, -0.15) is 0 Å². The van der Waals surface area contributed by atoms with Gasteiger partial charge in [-0.25, -0.2) is 0 Å². The van der Waals surface area contributed by atoms with Crippen LogP contribution in [0.25, 0.3) is 0 Å². The molecule has 0 saturated heterocycles. The third-order valence-corrected chi connectivity index (χ3v) is 3.73. The van der Waals surface area contributed by atoms with Crippen LogP contribution in [0.2, 0.25) is 0 Å². The molecule has 2 aliphatic carbocycles. The molecule has 2 fully saturated rings. The van der Waals surface area contributed by atoms with Crippen LogP contribution in [0.1, 0.15) is 45.4 Å². The molecule has 1 unspecified atom stereocenters. The van der Waals surface area contributed by atoms with Crippen molar-refractivity contribution in [2.75, 3.05) is 7.05 Å². The van der Waals surface area contributed by atoms with Gasteiger partial charge in [0.15, 0.2) is 0 Å². The summed E-state index contributed by atoms with van der Waals surface area (Å²) in [6, 6.07) is 0.583. The lowest BCUT2D eigenvalue weighted by Gasteiger charge is -2.29. The summed E-state index contributed by atoms with van der Waals surface area (Å²) >= 11 is 0. The first-order chi connectivity index (χ1) is 6.68. The number of nitrogens with zero attached hydrogens (tertiary/aromatic N) is 1. The highest BCUT2D eigenvalue weighted by molar-refractivity contribution is 5.79. The number of hydrogen-bond donors (Lipinski definition) is 0. The molecule has 0 N–H and O–H groups in total. The molecular formula is C12H21NO. The van der Waals surface area contributed by atoms with Gasteiger partial charge in [-0.15, -0.1) is 0 Å². The Morgan fingerprint density at radius 2 is 1.93 bits per heavy atom. The highest BCUT2D eigenvalue weighted by Crippen LogP contribution is 2.33. The van der Waals surface area contributed by atoms with E-state index in [1.165, 1.54) is 25.7 Å². The fourth-order valence-electron chi connectivity index (χ4n) is 2.59. The van der Waals surface area contributed by atoms with Crippen molar-refractivity contribution < 1.29 is 4.79 Å². The van der Waals surface area contributed by atoms with E-state index in [4.69, 9.17) is 0 Å². The Morgan fingerprint density at radius 1 is 1.21 bits per heavy atom. The molecule has 0 radical (unpaired) electrons.